The van der Waals surface area contributed by atoms with Crippen LogP contribution in [-0.4, -0.2) is 67.4 Å². The Morgan fingerprint density at radius 1 is 0.733 bits per heavy atom. The third kappa shape index (κ3) is 5.25. The molecule has 2 aromatic heterocycles. The van der Waals surface area contributed by atoms with Gasteiger partial charge >= 0.3 is 0 Å². The third-order valence-corrected chi connectivity index (χ3v) is 9.26. The summed E-state index contributed by atoms with van der Waals surface area (Å²) in [5, 5.41) is 0. The normalized spacial score (nSPS) is 21.5. The molecular formula is C36H34N6O3. The number of hydrogen-bond donors (Lipinski definition) is 2. The maximum Gasteiger partial charge on any atom is 0.254 e. The van der Waals surface area contributed by atoms with Crippen molar-refractivity contribution in [1.82, 2.24) is 29.7 Å². The van der Waals surface area contributed by atoms with Crippen LogP contribution in [0.1, 0.15) is 83.7 Å². The second-order valence-corrected chi connectivity index (χ2v) is 12.2. The maximum atomic E-state index is 13.2. The van der Waals surface area contributed by atoms with Gasteiger partial charge in [-0.15, -0.1) is 0 Å². The molecule has 3 fully saturated rings. The van der Waals surface area contributed by atoms with E-state index in [9.17, 15) is 9.59 Å². The number of aromatic nitrogens is 4. The van der Waals surface area contributed by atoms with Gasteiger partial charge in [-0.3, -0.25) is 9.59 Å². The quantitative estimate of drug-likeness (QED) is 0.260. The van der Waals surface area contributed by atoms with Gasteiger partial charge in [0.2, 0.25) is 0 Å². The Hall–Kier alpha value is -4.94. The van der Waals surface area contributed by atoms with E-state index in [0.29, 0.717) is 12.2 Å². The van der Waals surface area contributed by atoms with Gasteiger partial charge in [0.15, 0.2) is 0 Å². The minimum absolute atomic E-state index is 0.0409. The smallest absolute Gasteiger partial charge is 0.254 e. The molecule has 3 aromatic carbocycles. The molecule has 8 rings (SSSR count). The fourth-order valence-electron chi connectivity index (χ4n) is 6.99. The van der Waals surface area contributed by atoms with E-state index >= 15 is 0 Å². The molecule has 5 heterocycles. The van der Waals surface area contributed by atoms with Crippen LogP contribution in [0.25, 0.3) is 22.1 Å². The largest absolute Gasteiger partial charge is 0.368 e. The van der Waals surface area contributed by atoms with Crippen LogP contribution in [0.15, 0.2) is 66.7 Å². The highest BCUT2D eigenvalue weighted by molar-refractivity contribution is 5.94. The predicted octanol–water partition coefficient (Wildman–Crippen LogP) is 5.66. The number of carbonyl (C=O) groups is 2. The number of carbonyl (C=O) groups excluding carboxylic acids is 2. The van der Waals surface area contributed by atoms with Crippen molar-refractivity contribution in [2.45, 2.75) is 56.7 Å². The fourth-order valence-corrected chi connectivity index (χ4v) is 6.99. The number of ether oxygens (including phenoxy) is 1. The van der Waals surface area contributed by atoms with Crippen molar-refractivity contribution in [3.63, 3.8) is 0 Å². The van der Waals surface area contributed by atoms with E-state index in [4.69, 9.17) is 14.7 Å². The van der Waals surface area contributed by atoms with Gasteiger partial charge in [0, 0.05) is 36.4 Å². The van der Waals surface area contributed by atoms with Crippen molar-refractivity contribution in [2.75, 3.05) is 19.7 Å². The minimum atomic E-state index is -0.314. The molecule has 9 nitrogen and oxygen atoms in total. The zero-order valence-electron chi connectivity index (χ0n) is 25.0. The lowest BCUT2D eigenvalue weighted by Gasteiger charge is -2.25. The molecule has 0 spiro atoms. The zero-order chi connectivity index (χ0) is 30.3. The first-order valence-electron chi connectivity index (χ1n) is 15.9. The number of likely N-dealkylation sites (tertiary alicyclic amines) is 2. The number of rotatable bonds is 4. The molecule has 2 N–H and O–H groups in total. The molecule has 9 heteroatoms. The molecular weight excluding hydrogens is 564 g/mol. The highest BCUT2D eigenvalue weighted by Gasteiger charge is 2.37. The first kappa shape index (κ1) is 27.6. The van der Waals surface area contributed by atoms with E-state index in [1.165, 1.54) is 0 Å². The number of hydrogen-bond acceptors (Lipinski definition) is 5. The summed E-state index contributed by atoms with van der Waals surface area (Å²) in [6.45, 7) is 2.13. The Kier molecular flexibility index (Phi) is 7.07. The molecule has 3 aliphatic heterocycles. The van der Waals surface area contributed by atoms with Gasteiger partial charge < -0.3 is 24.5 Å². The summed E-state index contributed by atoms with van der Waals surface area (Å²) in [6.07, 6.45) is 5.11. The lowest BCUT2D eigenvalue weighted by molar-refractivity contribution is -0.142. The van der Waals surface area contributed by atoms with E-state index in [0.717, 1.165) is 96.5 Å². The van der Waals surface area contributed by atoms with Crippen LogP contribution in [-0.2, 0) is 9.53 Å². The first-order valence-corrected chi connectivity index (χ1v) is 15.9. The Labute approximate surface area is 261 Å². The van der Waals surface area contributed by atoms with Gasteiger partial charge in [-0.2, -0.15) is 0 Å². The molecule has 0 aliphatic carbocycles. The second-order valence-electron chi connectivity index (χ2n) is 12.2. The monoisotopic (exact) mass is 598 g/mol. The highest BCUT2D eigenvalue weighted by Crippen LogP contribution is 2.34. The number of nitrogens with one attached hydrogen (secondary N) is 2. The van der Waals surface area contributed by atoms with Gasteiger partial charge in [-0.1, -0.05) is 30.0 Å². The fraction of sp³-hybridized carbons (Fsp3) is 0.333. The number of H-pyrrole nitrogens is 2. The van der Waals surface area contributed by atoms with Crippen LogP contribution >= 0.6 is 0 Å². The van der Waals surface area contributed by atoms with Gasteiger partial charge in [0.05, 0.1) is 34.2 Å². The van der Waals surface area contributed by atoms with Crippen molar-refractivity contribution >= 4 is 33.9 Å². The summed E-state index contributed by atoms with van der Waals surface area (Å²) >= 11 is 0. The van der Waals surface area contributed by atoms with Crippen LogP contribution in [0.5, 0.6) is 0 Å². The summed E-state index contributed by atoms with van der Waals surface area (Å²) < 4.78 is 5.67. The molecule has 5 aromatic rings. The molecule has 3 aliphatic rings. The van der Waals surface area contributed by atoms with Crippen molar-refractivity contribution in [2.24, 2.45) is 0 Å². The summed E-state index contributed by atoms with van der Waals surface area (Å²) in [5.41, 5.74) is 6.00. The molecule has 2 amide bonds. The maximum absolute atomic E-state index is 13.2. The van der Waals surface area contributed by atoms with E-state index in [2.05, 4.69) is 21.8 Å². The average Bonchev–Trinajstić information content (AvgIpc) is 3.91. The number of aromatic amines is 2. The van der Waals surface area contributed by atoms with Gasteiger partial charge in [-0.05, 0) is 87.1 Å². The number of fused-ring (bicyclic) bond motifs is 2. The minimum Gasteiger partial charge on any atom is -0.368 e. The Balaban J connectivity index is 1.00. The summed E-state index contributed by atoms with van der Waals surface area (Å²) in [5.74, 6) is 8.36. The van der Waals surface area contributed by atoms with Crippen LogP contribution in [0.3, 0.4) is 0 Å². The zero-order valence-corrected chi connectivity index (χ0v) is 25.0. The Bertz CT molecular complexity index is 1960. The third-order valence-electron chi connectivity index (χ3n) is 9.26. The molecule has 0 saturated carbocycles. The number of amides is 2. The summed E-state index contributed by atoms with van der Waals surface area (Å²) in [4.78, 5) is 46.8. The van der Waals surface area contributed by atoms with Crippen LogP contribution in [0, 0.1) is 11.8 Å². The van der Waals surface area contributed by atoms with E-state index in [-0.39, 0.29) is 30.0 Å². The number of benzene rings is 3. The molecule has 0 radical (unpaired) electrons. The molecule has 0 bridgehead atoms. The molecule has 45 heavy (non-hydrogen) atoms. The lowest BCUT2D eigenvalue weighted by Crippen LogP contribution is -2.38. The van der Waals surface area contributed by atoms with Gasteiger partial charge in [0.1, 0.15) is 17.8 Å². The van der Waals surface area contributed by atoms with Crippen molar-refractivity contribution < 1.29 is 14.3 Å². The van der Waals surface area contributed by atoms with E-state index < -0.39 is 0 Å². The van der Waals surface area contributed by atoms with Crippen LogP contribution < -0.4 is 0 Å². The number of nitrogens with zero attached hydrogens (tertiary/aromatic N) is 4. The predicted molar refractivity (Wildman–Crippen MR) is 170 cm³/mol. The highest BCUT2D eigenvalue weighted by atomic mass is 16.5. The first-order chi connectivity index (χ1) is 22.1. The van der Waals surface area contributed by atoms with Crippen LogP contribution in [0.4, 0.5) is 0 Å². The van der Waals surface area contributed by atoms with Crippen LogP contribution in [0.2, 0.25) is 0 Å². The molecule has 226 valence electrons. The molecule has 3 atom stereocenters. The van der Waals surface area contributed by atoms with Crippen molar-refractivity contribution in [3.8, 4) is 11.8 Å². The van der Waals surface area contributed by atoms with Crippen molar-refractivity contribution in [1.29, 1.82) is 0 Å². The van der Waals surface area contributed by atoms with Gasteiger partial charge in [-0.25, -0.2) is 9.97 Å². The van der Waals surface area contributed by atoms with Gasteiger partial charge in [0.25, 0.3) is 11.8 Å². The molecule has 3 saturated heterocycles. The van der Waals surface area contributed by atoms with E-state index in [1.54, 1.807) is 0 Å². The molecule has 1 unspecified atom stereocenters. The second kappa shape index (κ2) is 11.5. The topological polar surface area (TPSA) is 107 Å². The standard InChI is InChI=1S/C36H34N6O3/c43-35(25-7-2-1-3-8-25)41-18-4-9-30(41)33-37-26-16-14-23(21-28(26)39-33)12-13-24-15-17-27-29(22-24)40-34(38-27)31-10-5-19-42(31)36(44)32-11-6-20-45-32/h1-3,7-8,14-17,21-22,30-32H,4-6,9-11,18-20H2,(H,37,39)(H,38,40)/t30-,31?,32-/m0/s1. The number of imidazole rings is 2. The Morgan fingerprint density at radius 3 is 1.93 bits per heavy atom. The average molecular weight is 599 g/mol. The van der Waals surface area contributed by atoms with E-state index in [1.807, 2.05) is 76.5 Å². The van der Waals surface area contributed by atoms with Crippen molar-refractivity contribution in [3.05, 3.63) is 95.1 Å². The summed E-state index contributed by atoms with van der Waals surface area (Å²) in [6, 6.07) is 21.3. The lowest BCUT2D eigenvalue weighted by atomic mass is 10.1. The summed E-state index contributed by atoms with van der Waals surface area (Å²) in [7, 11) is 0. The SMILES string of the molecule is O=C([C@@H]1CCCO1)N1CCCC1c1nc2ccc(C#Cc3ccc4nc([C@@H]5CCCN5C(=O)c5ccccc5)[nH]c4c3)cc2[nH]1. The Morgan fingerprint density at radius 2 is 1.33 bits per heavy atom.